The van der Waals surface area contributed by atoms with Gasteiger partial charge in [-0.3, -0.25) is 10.1 Å². The van der Waals surface area contributed by atoms with E-state index in [1.807, 2.05) is 31.1 Å². The molecular weight excluding hydrogens is 296 g/mol. The molecule has 2 aromatic carbocycles. The first-order valence-corrected chi connectivity index (χ1v) is 7.12. The fourth-order valence-corrected chi connectivity index (χ4v) is 2.03. The van der Waals surface area contributed by atoms with Gasteiger partial charge in [-0.05, 0) is 60.7 Å². The molecule has 0 aromatic heterocycles. The minimum Gasteiger partial charge on any atom is -0.399 e. The average molecular weight is 314 g/mol. The molecule has 0 bridgehead atoms. The Morgan fingerprint density at radius 3 is 2.18 bits per heavy atom. The van der Waals surface area contributed by atoms with Gasteiger partial charge < -0.3 is 16.0 Å². The Balaban J connectivity index is 1.96. The number of carbonyl (C=O) groups excluding carboxylic acids is 1. The zero-order valence-corrected chi connectivity index (χ0v) is 13.3. The van der Waals surface area contributed by atoms with Crippen LogP contribution in [0, 0.1) is 0 Å². The van der Waals surface area contributed by atoms with Crippen molar-refractivity contribution in [1.82, 2.24) is 5.32 Å². The summed E-state index contributed by atoms with van der Waals surface area (Å²) in [7, 11) is 3.89. The lowest BCUT2D eigenvalue weighted by Gasteiger charge is -2.13. The average Bonchev–Trinajstić information content (AvgIpc) is 2.49. The van der Waals surface area contributed by atoms with Gasteiger partial charge in [0.25, 0.3) is 5.91 Å². The number of amides is 1. The molecule has 0 fully saturated rings. The van der Waals surface area contributed by atoms with Crippen molar-refractivity contribution in [1.29, 1.82) is 0 Å². The van der Waals surface area contributed by atoms with Crippen molar-refractivity contribution in [3.05, 3.63) is 54.1 Å². The molecule has 0 saturated carbocycles. The van der Waals surface area contributed by atoms with Crippen LogP contribution in [0.25, 0.3) is 0 Å². The van der Waals surface area contributed by atoms with Crippen molar-refractivity contribution in [2.45, 2.75) is 0 Å². The molecule has 1 amide bonds. The number of nitrogens with two attached hydrogens (primary N) is 1. The lowest BCUT2D eigenvalue weighted by molar-refractivity contribution is 0.0978. The largest absolute Gasteiger partial charge is 0.399 e. The summed E-state index contributed by atoms with van der Waals surface area (Å²) >= 11 is 5.13. The molecule has 0 heterocycles. The van der Waals surface area contributed by atoms with Gasteiger partial charge in [-0.25, -0.2) is 0 Å². The number of hydrogen-bond acceptors (Lipinski definition) is 4. The third-order valence-corrected chi connectivity index (χ3v) is 3.25. The smallest absolute Gasteiger partial charge is 0.257 e. The molecule has 0 aliphatic rings. The molecule has 114 valence electrons. The van der Waals surface area contributed by atoms with Crippen molar-refractivity contribution in [2.75, 3.05) is 30.0 Å². The summed E-state index contributed by atoms with van der Waals surface area (Å²) in [6, 6.07) is 14.4. The van der Waals surface area contributed by atoms with Crippen LogP contribution in [0.15, 0.2) is 48.5 Å². The summed E-state index contributed by atoms with van der Waals surface area (Å²) in [6.07, 6.45) is 0. The molecule has 6 heteroatoms. The van der Waals surface area contributed by atoms with Gasteiger partial charge in [-0.1, -0.05) is 0 Å². The summed E-state index contributed by atoms with van der Waals surface area (Å²) in [5.41, 5.74) is 8.62. The maximum atomic E-state index is 12.1. The van der Waals surface area contributed by atoms with E-state index in [-0.39, 0.29) is 11.0 Å². The SMILES string of the molecule is CN(C)c1ccc(C(=O)NC(=S)Nc2ccc(N)cc2)cc1. The van der Waals surface area contributed by atoms with Gasteiger partial charge in [-0.15, -0.1) is 0 Å². The van der Waals surface area contributed by atoms with E-state index < -0.39 is 0 Å². The number of anilines is 3. The third-order valence-electron chi connectivity index (χ3n) is 3.04. The molecule has 0 saturated heterocycles. The standard InChI is InChI=1S/C16H18N4OS/c1-20(2)14-9-3-11(4-10-14)15(21)19-16(22)18-13-7-5-12(17)6-8-13/h3-10H,17H2,1-2H3,(H2,18,19,21,22). The second kappa shape index (κ2) is 6.91. The molecule has 0 spiro atoms. The first kappa shape index (κ1) is 15.8. The first-order valence-electron chi connectivity index (χ1n) is 6.71. The highest BCUT2D eigenvalue weighted by molar-refractivity contribution is 7.80. The highest BCUT2D eigenvalue weighted by Crippen LogP contribution is 2.13. The minimum absolute atomic E-state index is 0.242. The molecule has 0 radical (unpaired) electrons. The number of carbonyl (C=O) groups is 1. The Morgan fingerprint density at radius 1 is 1.05 bits per heavy atom. The Kier molecular flexibility index (Phi) is 4.95. The number of nitrogens with one attached hydrogen (secondary N) is 2. The van der Waals surface area contributed by atoms with Crippen molar-refractivity contribution >= 4 is 40.3 Å². The van der Waals surface area contributed by atoms with Crippen LogP contribution in [0.5, 0.6) is 0 Å². The van der Waals surface area contributed by atoms with Gasteiger partial charge in [0.2, 0.25) is 0 Å². The van der Waals surface area contributed by atoms with Crippen LogP contribution in [0.2, 0.25) is 0 Å². The van der Waals surface area contributed by atoms with Crippen molar-refractivity contribution < 1.29 is 4.79 Å². The van der Waals surface area contributed by atoms with E-state index in [0.29, 0.717) is 11.3 Å². The van der Waals surface area contributed by atoms with Crippen LogP contribution in [0.4, 0.5) is 17.1 Å². The first-order chi connectivity index (χ1) is 10.5. The quantitative estimate of drug-likeness (QED) is 0.600. The third kappa shape index (κ3) is 4.20. The molecule has 22 heavy (non-hydrogen) atoms. The summed E-state index contributed by atoms with van der Waals surface area (Å²) in [5.74, 6) is -0.252. The Labute approximate surface area is 135 Å². The van der Waals surface area contributed by atoms with Gasteiger partial charge in [0.05, 0.1) is 0 Å². The topological polar surface area (TPSA) is 70.4 Å². The van der Waals surface area contributed by atoms with Crippen LogP contribution in [-0.4, -0.2) is 25.1 Å². The normalized spacial score (nSPS) is 9.91. The van der Waals surface area contributed by atoms with Gasteiger partial charge in [0, 0.05) is 36.7 Å². The fourth-order valence-electron chi connectivity index (χ4n) is 1.82. The number of benzene rings is 2. The predicted molar refractivity (Wildman–Crippen MR) is 95.3 cm³/mol. The predicted octanol–water partition coefficient (Wildman–Crippen LogP) is 2.46. The Hall–Kier alpha value is -2.60. The van der Waals surface area contributed by atoms with E-state index in [4.69, 9.17) is 18.0 Å². The lowest BCUT2D eigenvalue weighted by atomic mass is 10.2. The monoisotopic (exact) mass is 314 g/mol. The van der Waals surface area contributed by atoms with E-state index in [0.717, 1.165) is 11.4 Å². The van der Waals surface area contributed by atoms with Crippen LogP contribution < -0.4 is 21.3 Å². The molecule has 0 aliphatic heterocycles. The van der Waals surface area contributed by atoms with Crippen LogP contribution in [-0.2, 0) is 0 Å². The number of nitrogen functional groups attached to an aromatic ring is 1. The molecule has 0 aliphatic carbocycles. The zero-order chi connectivity index (χ0) is 16.1. The molecular formula is C16H18N4OS. The van der Waals surface area contributed by atoms with Crippen LogP contribution in [0.1, 0.15) is 10.4 Å². The number of rotatable bonds is 3. The van der Waals surface area contributed by atoms with E-state index in [9.17, 15) is 4.79 Å². The van der Waals surface area contributed by atoms with Gasteiger partial charge in [0.15, 0.2) is 5.11 Å². The van der Waals surface area contributed by atoms with Crippen molar-refractivity contribution in [3.63, 3.8) is 0 Å². The maximum Gasteiger partial charge on any atom is 0.257 e. The van der Waals surface area contributed by atoms with E-state index >= 15 is 0 Å². The molecule has 0 unspecified atom stereocenters. The van der Waals surface area contributed by atoms with Crippen LogP contribution >= 0.6 is 12.2 Å². The molecule has 0 atom stereocenters. The molecule has 2 aromatic rings. The van der Waals surface area contributed by atoms with Gasteiger partial charge in [0.1, 0.15) is 0 Å². The van der Waals surface area contributed by atoms with E-state index in [1.165, 1.54) is 0 Å². The minimum atomic E-state index is -0.252. The Morgan fingerprint density at radius 2 is 1.64 bits per heavy atom. The summed E-state index contributed by atoms with van der Waals surface area (Å²) < 4.78 is 0. The van der Waals surface area contributed by atoms with E-state index in [1.54, 1.807) is 36.4 Å². The second-order valence-corrected chi connectivity index (χ2v) is 5.38. The van der Waals surface area contributed by atoms with E-state index in [2.05, 4.69) is 10.6 Å². The highest BCUT2D eigenvalue weighted by atomic mass is 32.1. The summed E-state index contributed by atoms with van der Waals surface area (Å²) in [6.45, 7) is 0. The van der Waals surface area contributed by atoms with Crippen molar-refractivity contribution in [3.8, 4) is 0 Å². The lowest BCUT2D eigenvalue weighted by Crippen LogP contribution is -2.34. The molecule has 5 nitrogen and oxygen atoms in total. The highest BCUT2D eigenvalue weighted by Gasteiger charge is 2.08. The summed E-state index contributed by atoms with van der Waals surface area (Å²) in [4.78, 5) is 14.1. The number of nitrogens with zero attached hydrogens (tertiary/aromatic N) is 1. The second-order valence-electron chi connectivity index (χ2n) is 4.97. The van der Waals surface area contributed by atoms with Crippen molar-refractivity contribution in [2.24, 2.45) is 0 Å². The molecule has 4 N–H and O–H groups in total. The van der Waals surface area contributed by atoms with Gasteiger partial charge >= 0.3 is 0 Å². The summed E-state index contributed by atoms with van der Waals surface area (Å²) in [5, 5.41) is 5.82. The zero-order valence-electron chi connectivity index (χ0n) is 12.5. The Bertz CT molecular complexity index is 666. The fraction of sp³-hybridized carbons (Fsp3) is 0.125. The van der Waals surface area contributed by atoms with Crippen LogP contribution in [0.3, 0.4) is 0 Å². The number of thiocarbonyl (C=S) groups is 1. The van der Waals surface area contributed by atoms with Gasteiger partial charge in [-0.2, -0.15) is 0 Å². The number of hydrogen-bond donors (Lipinski definition) is 3. The maximum absolute atomic E-state index is 12.1. The molecule has 2 rings (SSSR count).